The number of hydrogen-bond donors (Lipinski definition) is 1. The second kappa shape index (κ2) is 12.2. The Hall–Kier alpha value is -2.39. The number of nitrogens with zero attached hydrogens (tertiary/aromatic N) is 1. The third-order valence-corrected chi connectivity index (χ3v) is 2.66. The third kappa shape index (κ3) is 11.9. The van der Waals surface area contributed by atoms with Crippen molar-refractivity contribution in [2.24, 2.45) is 0 Å². The minimum Gasteiger partial charge on any atom is -0.478 e. The monoisotopic (exact) mass is 321 g/mol. The van der Waals surface area contributed by atoms with Crippen molar-refractivity contribution in [2.75, 3.05) is 13.2 Å². The molecule has 0 amide bonds. The van der Waals surface area contributed by atoms with Gasteiger partial charge < -0.3 is 14.6 Å². The van der Waals surface area contributed by atoms with Crippen LogP contribution in [-0.2, 0) is 19.1 Å². The van der Waals surface area contributed by atoms with Gasteiger partial charge in [-0.3, -0.25) is 0 Å². The highest BCUT2D eigenvalue weighted by Gasteiger charge is 2.24. The molecule has 1 atom stereocenters. The van der Waals surface area contributed by atoms with Crippen LogP contribution < -0.4 is 0 Å². The molecular weight excluding hydrogens is 298 g/mol. The zero-order chi connectivity index (χ0) is 17.7. The fourth-order valence-corrected chi connectivity index (χ4v) is 1.27. The number of carboxylic acid groups (broad SMARTS) is 1. The summed E-state index contributed by atoms with van der Waals surface area (Å²) in [6, 6.07) is 1.76. The second-order valence-electron chi connectivity index (χ2n) is 4.90. The fourth-order valence-electron chi connectivity index (χ4n) is 1.27. The Morgan fingerprint density at radius 1 is 1.52 bits per heavy atom. The van der Waals surface area contributed by atoms with Crippen LogP contribution in [0.4, 0.5) is 0 Å². The van der Waals surface area contributed by atoms with Gasteiger partial charge in [0.15, 0.2) is 0 Å². The summed E-state index contributed by atoms with van der Waals surface area (Å²) >= 11 is 0. The lowest BCUT2D eigenvalue weighted by molar-refractivity contribution is -0.139. The van der Waals surface area contributed by atoms with Gasteiger partial charge in [-0.05, 0) is 19.4 Å². The zero-order valence-electron chi connectivity index (χ0n) is 13.6. The summed E-state index contributed by atoms with van der Waals surface area (Å²) in [6.07, 6.45) is 7.02. The van der Waals surface area contributed by atoms with Crippen LogP contribution in [0.3, 0.4) is 0 Å². The van der Waals surface area contributed by atoms with Crippen molar-refractivity contribution >= 4 is 11.9 Å². The number of rotatable bonds is 8. The van der Waals surface area contributed by atoms with Crippen molar-refractivity contribution in [3.63, 3.8) is 0 Å². The van der Waals surface area contributed by atoms with Gasteiger partial charge in [-0.1, -0.05) is 32.4 Å². The van der Waals surface area contributed by atoms with Crippen LogP contribution in [0.15, 0.2) is 36.0 Å². The van der Waals surface area contributed by atoms with Gasteiger partial charge in [-0.25, -0.2) is 9.59 Å². The second-order valence-corrected chi connectivity index (χ2v) is 4.90. The van der Waals surface area contributed by atoms with Crippen LogP contribution in [0.2, 0.25) is 0 Å². The Labute approximate surface area is 136 Å². The highest BCUT2D eigenvalue weighted by molar-refractivity contribution is 5.89. The summed E-state index contributed by atoms with van der Waals surface area (Å²) in [6.45, 7) is 8.18. The van der Waals surface area contributed by atoms with Gasteiger partial charge in [0, 0.05) is 11.6 Å². The van der Waals surface area contributed by atoms with E-state index in [1.807, 2.05) is 6.92 Å². The number of aliphatic carboxylic acids is 1. The molecule has 1 aliphatic heterocycles. The Morgan fingerprint density at radius 2 is 2.17 bits per heavy atom. The van der Waals surface area contributed by atoms with Crippen molar-refractivity contribution in [1.29, 1.82) is 5.26 Å². The molecule has 1 fully saturated rings. The number of carbonyl (C=O) groups excluding carboxylic acids is 1. The average Bonchev–Trinajstić information content (AvgIpc) is 3.32. The summed E-state index contributed by atoms with van der Waals surface area (Å²) in [7, 11) is 0. The van der Waals surface area contributed by atoms with Crippen molar-refractivity contribution in [1.82, 2.24) is 0 Å². The van der Waals surface area contributed by atoms with Crippen LogP contribution in [0.25, 0.3) is 0 Å². The predicted octanol–water partition coefficient (Wildman–Crippen LogP) is 2.77. The number of esters is 1. The quantitative estimate of drug-likeness (QED) is 0.184. The van der Waals surface area contributed by atoms with E-state index in [2.05, 4.69) is 6.58 Å². The van der Waals surface area contributed by atoms with Crippen LogP contribution >= 0.6 is 0 Å². The number of nitriles is 1. The van der Waals surface area contributed by atoms with Crippen LogP contribution in [0.5, 0.6) is 0 Å². The number of hydrogen-bond acceptors (Lipinski definition) is 5. The highest BCUT2D eigenvalue weighted by Crippen LogP contribution is 2.09. The largest absolute Gasteiger partial charge is 0.478 e. The minimum atomic E-state index is -0.984. The van der Waals surface area contributed by atoms with Gasteiger partial charge in [0.1, 0.15) is 12.7 Å². The Kier molecular flexibility index (Phi) is 10.9. The molecule has 0 spiro atoms. The summed E-state index contributed by atoms with van der Waals surface area (Å²) in [5.41, 5.74) is 0.621. The van der Waals surface area contributed by atoms with E-state index in [4.69, 9.17) is 19.8 Å². The lowest BCUT2D eigenvalue weighted by atomic mass is 10.1. The molecule has 1 heterocycles. The smallest absolute Gasteiger partial charge is 0.335 e. The summed E-state index contributed by atoms with van der Waals surface area (Å²) < 4.78 is 9.60. The number of allylic oxidation sites excluding steroid dienone is 2. The molecule has 1 aliphatic rings. The van der Waals surface area contributed by atoms with Crippen molar-refractivity contribution in [2.45, 2.75) is 39.2 Å². The minimum absolute atomic E-state index is 0.142. The van der Waals surface area contributed by atoms with Gasteiger partial charge in [0.2, 0.25) is 0 Å². The molecule has 0 bridgehead atoms. The Morgan fingerprint density at radius 3 is 2.61 bits per heavy atom. The first-order chi connectivity index (χ1) is 10.9. The van der Waals surface area contributed by atoms with Crippen LogP contribution in [0, 0.1) is 11.3 Å². The molecule has 6 heteroatoms. The van der Waals surface area contributed by atoms with Gasteiger partial charge in [-0.2, -0.15) is 5.26 Å². The van der Waals surface area contributed by atoms with Crippen LogP contribution in [0.1, 0.15) is 33.1 Å². The molecule has 1 unspecified atom stereocenters. The topological polar surface area (TPSA) is 99.9 Å². The zero-order valence-corrected chi connectivity index (χ0v) is 13.6. The number of epoxide rings is 1. The van der Waals surface area contributed by atoms with E-state index in [0.717, 1.165) is 19.3 Å². The Balaban J connectivity index is 0.000000433. The maximum atomic E-state index is 10.7. The third-order valence-electron chi connectivity index (χ3n) is 2.66. The van der Waals surface area contributed by atoms with Gasteiger partial charge in [0.25, 0.3) is 0 Å². The molecule has 126 valence electrons. The van der Waals surface area contributed by atoms with Crippen molar-refractivity contribution in [3.05, 3.63) is 36.0 Å². The summed E-state index contributed by atoms with van der Waals surface area (Å²) in [5.74, 6) is -1.32. The van der Waals surface area contributed by atoms with E-state index in [-0.39, 0.29) is 17.6 Å². The van der Waals surface area contributed by atoms with E-state index in [9.17, 15) is 9.59 Å². The summed E-state index contributed by atoms with van der Waals surface area (Å²) in [4.78, 5) is 21.3. The molecule has 0 aromatic rings. The van der Waals surface area contributed by atoms with Crippen molar-refractivity contribution in [3.8, 4) is 6.07 Å². The maximum Gasteiger partial charge on any atom is 0.335 e. The SMILES string of the molecule is C=C(C)C(=O)OCC1CO1.CCCCC=C(C=CC#N)C(=O)O. The first kappa shape index (κ1) is 20.6. The first-order valence-electron chi connectivity index (χ1n) is 7.36. The lowest BCUT2D eigenvalue weighted by Gasteiger charge is -1.99. The van der Waals surface area contributed by atoms with Gasteiger partial charge in [0.05, 0.1) is 18.2 Å². The number of carboxylic acids is 1. The lowest BCUT2D eigenvalue weighted by Crippen LogP contribution is -2.09. The van der Waals surface area contributed by atoms with Gasteiger partial charge in [-0.15, -0.1) is 0 Å². The van der Waals surface area contributed by atoms with Crippen LogP contribution in [-0.4, -0.2) is 36.4 Å². The molecule has 23 heavy (non-hydrogen) atoms. The molecule has 6 nitrogen and oxygen atoms in total. The predicted molar refractivity (Wildman–Crippen MR) is 85.5 cm³/mol. The average molecular weight is 321 g/mol. The normalized spacial score (nSPS) is 16.0. The molecular formula is C17H23NO5. The molecule has 0 saturated carbocycles. The molecule has 1 saturated heterocycles. The first-order valence-corrected chi connectivity index (χ1v) is 7.36. The molecule has 1 rings (SSSR count). The fraction of sp³-hybridized carbons (Fsp3) is 0.471. The molecule has 0 radical (unpaired) electrons. The molecule has 0 aliphatic carbocycles. The van der Waals surface area contributed by atoms with E-state index < -0.39 is 5.97 Å². The number of carbonyl (C=O) groups is 2. The van der Waals surface area contributed by atoms with E-state index in [1.54, 1.807) is 19.1 Å². The van der Waals surface area contributed by atoms with E-state index in [1.165, 1.54) is 12.2 Å². The molecule has 1 N–H and O–H groups in total. The maximum absolute atomic E-state index is 10.7. The van der Waals surface area contributed by atoms with E-state index >= 15 is 0 Å². The standard InChI is InChI=1S/C10H13NO2.C7H10O3/c1-2-3-4-6-9(10(12)13)7-5-8-11;1-5(2)7(8)10-4-6-3-9-6/h5-7H,2-4H2,1H3,(H,12,13);6H,1,3-4H2,2H3. The number of ether oxygens (including phenoxy) is 2. The highest BCUT2D eigenvalue weighted by atomic mass is 16.6. The molecule has 0 aromatic heterocycles. The number of unbranched alkanes of at least 4 members (excludes halogenated alkanes) is 2. The van der Waals surface area contributed by atoms with E-state index in [0.29, 0.717) is 18.8 Å². The summed E-state index contributed by atoms with van der Waals surface area (Å²) in [5, 5.41) is 16.9. The van der Waals surface area contributed by atoms with Crippen molar-refractivity contribution < 1.29 is 24.2 Å². The Bertz CT molecular complexity index is 510. The molecule has 0 aromatic carbocycles. The van der Waals surface area contributed by atoms with Gasteiger partial charge >= 0.3 is 11.9 Å².